The third kappa shape index (κ3) is 6.26. The van der Waals surface area contributed by atoms with Gasteiger partial charge in [0, 0.05) is 38.1 Å². The second kappa shape index (κ2) is 11.3. The maximum absolute atomic E-state index is 13.3. The summed E-state index contributed by atoms with van der Waals surface area (Å²) in [6.45, 7) is 1.03. The van der Waals surface area contributed by atoms with Gasteiger partial charge >= 0.3 is 6.09 Å². The first-order chi connectivity index (χ1) is 17.6. The molecule has 10 heteroatoms. The van der Waals surface area contributed by atoms with Gasteiger partial charge in [0.1, 0.15) is 0 Å². The Hall–Kier alpha value is -3.50. The Kier molecular flexibility index (Phi) is 8.09. The molecule has 196 valence electrons. The lowest BCUT2D eigenvalue weighted by atomic mass is 9.82. The van der Waals surface area contributed by atoms with E-state index in [1.54, 1.807) is 30.3 Å². The molecule has 0 radical (unpaired) electrons. The van der Waals surface area contributed by atoms with Crippen molar-refractivity contribution in [2.75, 3.05) is 27.2 Å². The number of aromatic nitrogens is 1. The van der Waals surface area contributed by atoms with Crippen LogP contribution in [0, 0.1) is 11.8 Å². The molecule has 2 aromatic carbocycles. The first kappa shape index (κ1) is 26.6. The molecular formula is C27H32N4O5S. The standard InChI is InChI=1S/C27H32N4O5S/c1-31(2)37(35,36)21-13-11-20(12-14-21)25-15-23(22-5-3-4-6-24(22)30-25)26(32)28-16-18-7-9-19(10-8-18)17-29-27(33)34/h3-6,11-15,18-19,29H,7-10,16-17H2,1-2H3,(H,28,32)(H,33,34)/t18-,19-. The lowest BCUT2D eigenvalue weighted by Gasteiger charge is -2.28. The molecule has 0 bridgehead atoms. The normalized spacial score (nSPS) is 18.0. The van der Waals surface area contributed by atoms with Crippen molar-refractivity contribution in [2.45, 2.75) is 30.6 Å². The van der Waals surface area contributed by atoms with Crippen molar-refractivity contribution in [3.05, 3.63) is 60.2 Å². The molecule has 0 saturated heterocycles. The van der Waals surface area contributed by atoms with Crippen LogP contribution in [0.5, 0.6) is 0 Å². The molecule has 0 atom stereocenters. The van der Waals surface area contributed by atoms with Crippen LogP contribution in [0.1, 0.15) is 36.0 Å². The molecule has 37 heavy (non-hydrogen) atoms. The molecule has 1 heterocycles. The van der Waals surface area contributed by atoms with Crippen molar-refractivity contribution in [1.29, 1.82) is 0 Å². The summed E-state index contributed by atoms with van der Waals surface area (Å²) < 4.78 is 26.0. The van der Waals surface area contributed by atoms with Gasteiger partial charge in [0.15, 0.2) is 0 Å². The molecule has 1 fully saturated rings. The number of pyridine rings is 1. The van der Waals surface area contributed by atoms with E-state index in [0.717, 1.165) is 35.4 Å². The fourth-order valence-electron chi connectivity index (χ4n) is 4.72. The summed E-state index contributed by atoms with van der Waals surface area (Å²) in [5.41, 5.74) is 2.50. The van der Waals surface area contributed by atoms with Gasteiger partial charge < -0.3 is 15.7 Å². The second-order valence-electron chi connectivity index (χ2n) is 9.67. The molecule has 0 aliphatic heterocycles. The van der Waals surface area contributed by atoms with Crippen LogP contribution in [0.15, 0.2) is 59.5 Å². The minimum atomic E-state index is -3.54. The molecule has 9 nitrogen and oxygen atoms in total. The number of carbonyl (C=O) groups excluding carboxylic acids is 1. The highest BCUT2D eigenvalue weighted by molar-refractivity contribution is 7.89. The largest absolute Gasteiger partial charge is 0.465 e. The molecule has 2 amide bonds. The molecule has 1 aromatic heterocycles. The van der Waals surface area contributed by atoms with Gasteiger partial charge in [-0.1, -0.05) is 30.3 Å². The van der Waals surface area contributed by atoms with Crippen molar-refractivity contribution in [2.24, 2.45) is 11.8 Å². The van der Waals surface area contributed by atoms with Crippen molar-refractivity contribution < 1.29 is 23.1 Å². The van der Waals surface area contributed by atoms with Crippen LogP contribution < -0.4 is 10.6 Å². The van der Waals surface area contributed by atoms with Crippen molar-refractivity contribution in [1.82, 2.24) is 19.9 Å². The van der Waals surface area contributed by atoms with E-state index in [1.807, 2.05) is 24.3 Å². The third-order valence-electron chi connectivity index (χ3n) is 6.95. The van der Waals surface area contributed by atoms with Gasteiger partial charge in [-0.15, -0.1) is 0 Å². The monoisotopic (exact) mass is 524 g/mol. The van der Waals surface area contributed by atoms with Crippen LogP contribution in [-0.4, -0.2) is 62.0 Å². The van der Waals surface area contributed by atoms with Gasteiger partial charge in [-0.25, -0.2) is 22.5 Å². The van der Waals surface area contributed by atoms with E-state index in [-0.39, 0.29) is 10.8 Å². The summed E-state index contributed by atoms with van der Waals surface area (Å²) in [4.78, 5) is 28.9. The number of carbonyl (C=O) groups is 2. The Morgan fingerprint density at radius 3 is 2.14 bits per heavy atom. The van der Waals surface area contributed by atoms with Crippen molar-refractivity contribution in [3.8, 4) is 11.3 Å². The van der Waals surface area contributed by atoms with Crippen LogP contribution in [0.3, 0.4) is 0 Å². The van der Waals surface area contributed by atoms with E-state index in [4.69, 9.17) is 10.1 Å². The summed E-state index contributed by atoms with van der Waals surface area (Å²) >= 11 is 0. The summed E-state index contributed by atoms with van der Waals surface area (Å²) in [6, 6.07) is 15.7. The Morgan fingerprint density at radius 2 is 1.54 bits per heavy atom. The Balaban J connectivity index is 1.50. The van der Waals surface area contributed by atoms with E-state index in [0.29, 0.717) is 47.3 Å². The SMILES string of the molecule is CN(C)S(=O)(=O)c1ccc(-c2cc(C(=O)NC[C@H]3CC[C@H](CNC(=O)O)CC3)c3ccccc3n2)cc1. The molecule has 4 rings (SSSR count). The number of nitrogens with zero attached hydrogens (tertiary/aromatic N) is 2. The van der Waals surface area contributed by atoms with Crippen LogP contribution in [0.2, 0.25) is 0 Å². The minimum absolute atomic E-state index is 0.179. The maximum atomic E-state index is 13.3. The van der Waals surface area contributed by atoms with E-state index in [9.17, 15) is 18.0 Å². The zero-order valence-corrected chi connectivity index (χ0v) is 21.8. The molecule has 3 N–H and O–H groups in total. The Bertz CT molecular complexity index is 1380. The molecule has 1 aliphatic rings. The molecular weight excluding hydrogens is 492 g/mol. The average molecular weight is 525 g/mol. The molecule has 1 aliphatic carbocycles. The topological polar surface area (TPSA) is 129 Å². The Labute approximate surface area is 217 Å². The van der Waals surface area contributed by atoms with Crippen LogP contribution >= 0.6 is 0 Å². The third-order valence-corrected chi connectivity index (χ3v) is 8.78. The molecule has 1 saturated carbocycles. The zero-order chi connectivity index (χ0) is 26.6. The van der Waals surface area contributed by atoms with E-state index >= 15 is 0 Å². The van der Waals surface area contributed by atoms with Crippen LogP contribution in [0.25, 0.3) is 22.2 Å². The Morgan fingerprint density at radius 1 is 0.946 bits per heavy atom. The molecule has 0 unspecified atom stereocenters. The number of rotatable bonds is 8. The van der Waals surface area contributed by atoms with Crippen LogP contribution in [-0.2, 0) is 10.0 Å². The van der Waals surface area contributed by atoms with Gasteiger partial charge in [-0.2, -0.15) is 0 Å². The van der Waals surface area contributed by atoms with Gasteiger partial charge in [0.2, 0.25) is 10.0 Å². The number of sulfonamides is 1. The second-order valence-corrected chi connectivity index (χ2v) is 11.8. The number of nitrogens with one attached hydrogen (secondary N) is 2. The minimum Gasteiger partial charge on any atom is -0.465 e. The quantitative estimate of drug-likeness (QED) is 0.409. The predicted octanol–water partition coefficient (Wildman–Crippen LogP) is 3.96. The van der Waals surface area contributed by atoms with Gasteiger partial charge in [-0.05, 0) is 61.8 Å². The van der Waals surface area contributed by atoms with Crippen molar-refractivity contribution >= 4 is 32.9 Å². The predicted molar refractivity (Wildman–Crippen MR) is 142 cm³/mol. The van der Waals surface area contributed by atoms with Crippen LogP contribution in [0.4, 0.5) is 4.79 Å². The lowest BCUT2D eigenvalue weighted by Crippen LogP contribution is -2.34. The maximum Gasteiger partial charge on any atom is 0.404 e. The molecule has 0 spiro atoms. The number of fused-ring (bicyclic) bond motifs is 1. The zero-order valence-electron chi connectivity index (χ0n) is 21.0. The highest BCUT2D eigenvalue weighted by Gasteiger charge is 2.23. The van der Waals surface area contributed by atoms with Gasteiger partial charge in [-0.3, -0.25) is 4.79 Å². The lowest BCUT2D eigenvalue weighted by molar-refractivity contribution is 0.0942. The molecule has 3 aromatic rings. The van der Waals surface area contributed by atoms with E-state index < -0.39 is 16.1 Å². The summed E-state index contributed by atoms with van der Waals surface area (Å²) in [5.74, 6) is 0.513. The fraction of sp³-hybridized carbons (Fsp3) is 0.370. The number of benzene rings is 2. The smallest absolute Gasteiger partial charge is 0.404 e. The summed E-state index contributed by atoms with van der Waals surface area (Å²) in [5, 5.41) is 15.1. The number of hydrogen-bond acceptors (Lipinski definition) is 5. The first-order valence-electron chi connectivity index (χ1n) is 12.3. The average Bonchev–Trinajstić information content (AvgIpc) is 2.90. The van der Waals surface area contributed by atoms with Gasteiger partial charge in [0.05, 0.1) is 21.7 Å². The van der Waals surface area contributed by atoms with E-state index in [1.165, 1.54) is 14.1 Å². The number of carboxylic acid groups (broad SMARTS) is 1. The fourth-order valence-corrected chi connectivity index (χ4v) is 5.62. The van der Waals surface area contributed by atoms with E-state index in [2.05, 4.69) is 10.6 Å². The van der Waals surface area contributed by atoms with Gasteiger partial charge in [0.25, 0.3) is 5.91 Å². The number of hydrogen-bond donors (Lipinski definition) is 3. The summed E-state index contributed by atoms with van der Waals surface area (Å²) in [7, 11) is -0.567. The highest BCUT2D eigenvalue weighted by Crippen LogP contribution is 2.29. The number of para-hydroxylation sites is 1. The number of amides is 2. The van der Waals surface area contributed by atoms with Crippen molar-refractivity contribution in [3.63, 3.8) is 0 Å². The summed E-state index contributed by atoms with van der Waals surface area (Å²) in [6.07, 6.45) is 2.76. The highest BCUT2D eigenvalue weighted by atomic mass is 32.2. The first-order valence-corrected chi connectivity index (χ1v) is 13.8.